The molecule has 1 fully saturated rings. The number of piperidine rings is 1. The molecule has 3 nitrogen and oxygen atoms in total. The first-order valence-electron chi connectivity index (χ1n) is 6.51. The van der Waals surface area contributed by atoms with Gasteiger partial charge in [-0.05, 0) is 44.0 Å². The van der Waals surface area contributed by atoms with E-state index in [-0.39, 0.29) is 11.9 Å². The average molecular weight is 301 g/mol. The maximum Gasteiger partial charge on any atom is 0.224 e. The Balaban J connectivity index is 1.88. The molecule has 0 aliphatic carbocycles. The van der Waals surface area contributed by atoms with Gasteiger partial charge in [0, 0.05) is 12.1 Å². The molecule has 0 spiro atoms. The van der Waals surface area contributed by atoms with Gasteiger partial charge in [0.15, 0.2) is 0 Å². The van der Waals surface area contributed by atoms with E-state index >= 15 is 0 Å². The van der Waals surface area contributed by atoms with Crippen molar-refractivity contribution in [3.05, 3.63) is 33.8 Å². The van der Waals surface area contributed by atoms with Crippen LogP contribution in [0.15, 0.2) is 18.2 Å². The van der Waals surface area contributed by atoms with Crippen molar-refractivity contribution >= 4 is 29.1 Å². The number of rotatable bonds is 3. The van der Waals surface area contributed by atoms with Crippen LogP contribution in [0.5, 0.6) is 0 Å². The standard InChI is InChI=1S/C14H18Cl2N2O/c1-9-6-11(4-5-17-9)18-14(19)8-10-2-3-12(15)13(16)7-10/h2-3,7,9,11,17H,4-6,8H2,1H3,(H,18,19). The normalized spacial score (nSPS) is 23.1. The SMILES string of the molecule is CC1CC(NC(=O)Cc2ccc(Cl)c(Cl)c2)CCN1. The van der Waals surface area contributed by atoms with Gasteiger partial charge in [-0.25, -0.2) is 0 Å². The van der Waals surface area contributed by atoms with E-state index in [0.29, 0.717) is 22.5 Å². The molecule has 104 valence electrons. The summed E-state index contributed by atoms with van der Waals surface area (Å²) in [5.74, 6) is 0.0393. The second kappa shape index (κ2) is 6.60. The fourth-order valence-corrected chi connectivity index (χ4v) is 2.70. The van der Waals surface area contributed by atoms with E-state index in [0.717, 1.165) is 24.9 Å². The Morgan fingerprint density at radius 1 is 1.42 bits per heavy atom. The number of hydrogen-bond donors (Lipinski definition) is 2. The van der Waals surface area contributed by atoms with Crippen LogP contribution in [0, 0.1) is 0 Å². The van der Waals surface area contributed by atoms with Crippen LogP contribution < -0.4 is 10.6 Å². The highest BCUT2D eigenvalue weighted by molar-refractivity contribution is 6.42. The Hall–Kier alpha value is -0.770. The molecular formula is C14H18Cl2N2O. The predicted octanol–water partition coefficient (Wildman–Crippen LogP) is 2.79. The highest BCUT2D eigenvalue weighted by atomic mass is 35.5. The molecule has 2 atom stereocenters. The van der Waals surface area contributed by atoms with Crippen LogP contribution >= 0.6 is 23.2 Å². The van der Waals surface area contributed by atoms with E-state index in [1.807, 2.05) is 6.07 Å². The van der Waals surface area contributed by atoms with Crippen LogP contribution in [0.4, 0.5) is 0 Å². The molecule has 19 heavy (non-hydrogen) atoms. The lowest BCUT2D eigenvalue weighted by atomic mass is 10.0. The van der Waals surface area contributed by atoms with E-state index in [9.17, 15) is 4.79 Å². The fourth-order valence-electron chi connectivity index (χ4n) is 2.38. The van der Waals surface area contributed by atoms with Crippen molar-refractivity contribution in [3.63, 3.8) is 0 Å². The zero-order valence-corrected chi connectivity index (χ0v) is 12.4. The number of carbonyl (C=O) groups is 1. The molecule has 1 aromatic carbocycles. The van der Waals surface area contributed by atoms with Gasteiger partial charge < -0.3 is 10.6 Å². The molecule has 0 saturated carbocycles. The summed E-state index contributed by atoms with van der Waals surface area (Å²) >= 11 is 11.8. The fraction of sp³-hybridized carbons (Fsp3) is 0.500. The number of hydrogen-bond acceptors (Lipinski definition) is 2. The molecule has 1 aliphatic rings. The molecule has 1 aromatic rings. The molecule has 5 heteroatoms. The first-order valence-corrected chi connectivity index (χ1v) is 7.27. The Bertz CT molecular complexity index is 465. The first-order chi connectivity index (χ1) is 9.04. The smallest absolute Gasteiger partial charge is 0.224 e. The summed E-state index contributed by atoms with van der Waals surface area (Å²) in [7, 11) is 0. The van der Waals surface area contributed by atoms with Crippen molar-refractivity contribution in [1.29, 1.82) is 0 Å². The largest absolute Gasteiger partial charge is 0.353 e. The van der Waals surface area contributed by atoms with Crippen LogP contribution in [0.2, 0.25) is 10.0 Å². The zero-order valence-electron chi connectivity index (χ0n) is 10.9. The van der Waals surface area contributed by atoms with Gasteiger partial charge in [0.05, 0.1) is 16.5 Å². The Morgan fingerprint density at radius 3 is 2.89 bits per heavy atom. The third-order valence-electron chi connectivity index (χ3n) is 3.34. The summed E-state index contributed by atoms with van der Waals surface area (Å²) < 4.78 is 0. The second-order valence-corrected chi connectivity index (χ2v) is 5.88. The summed E-state index contributed by atoms with van der Waals surface area (Å²) in [6.07, 6.45) is 2.31. The van der Waals surface area contributed by atoms with Crippen molar-refractivity contribution < 1.29 is 4.79 Å². The zero-order chi connectivity index (χ0) is 13.8. The summed E-state index contributed by atoms with van der Waals surface area (Å²) in [6, 6.07) is 6.03. The summed E-state index contributed by atoms with van der Waals surface area (Å²) in [5, 5.41) is 7.44. The van der Waals surface area contributed by atoms with E-state index < -0.39 is 0 Å². The van der Waals surface area contributed by atoms with Crippen LogP contribution in [0.1, 0.15) is 25.3 Å². The van der Waals surface area contributed by atoms with Crippen LogP contribution in [0.25, 0.3) is 0 Å². The van der Waals surface area contributed by atoms with Crippen molar-refractivity contribution in [1.82, 2.24) is 10.6 Å². The topological polar surface area (TPSA) is 41.1 Å². The highest BCUT2D eigenvalue weighted by Crippen LogP contribution is 2.22. The summed E-state index contributed by atoms with van der Waals surface area (Å²) in [6.45, 7) is 3.09. The molecule has 0 radical (unpaired) electrons. The first kappa shape index (κ1) is 14.6. The van der Waals surface area contributed by atoms with Gasteiger partial charge in [-0.1, -0.05) is 29.3 Å². The second-order valence-electron chi connectivity index (χ2n) is 5.07. The average Bonchev–Trinajstić information content (AvgIpc) is 2.34. The molecule has 1 heterocycles. The molecule has 1 amide bonds. The van der Waals surface area contributed by atoms with Crippen LogP contribution in [0.3, 0.4) is 0 Å². The Labute approximate surface area is 123 Å². The van der Waals surface area contributed by atoms with E-state index in [2.05, 4.69) is 17.6 Å². The molecule has 0 aromatic heterocycles. The number of benzene rings is 1. The maximum absolute atomic E-state index is 12.0. The van der Waals surface area contributed by atoms with Gasteiger partial charge in [0.1, 0.15) is 0 Å². The minimum Gasteiger partial charge on any atom is -0.353 e. The van der Waals surface area contributed by atoms with E-state index in [4.69, 9.17) is 23.2 Å². The minimum atomic E-state index is 0.0393. The van der Waals surface area contributed by atoms with Crippen molar-refractivity contribution in [2.75, 3.05) is 6.54 Å². The van der Waals surface area contributed by atoms with Gasteiger partial charge >= 0.3 is 0 Å². The number of amides is 1. The number of carbonyl (C=O) groups excluding carboxylic acids is 1. The van der Waals surface area contributed by atoms with Crippen LogP contribution in [-0.2, 0) is 11.2 Å². The number of halogens is 2. The molecule has 1 aliphatic heterocycles. The van der Waals surface area contributed by atoms with Gasteiger partial charge in [0.25, 0.3) is 0 Å². The van der Waals surface area contributed by atoms with Gasteiger partial charge in [-0.3, -0.25) is 4.79 Å². The van der Waals surface area contributed by atoms with E-state index in [1.165, 1.54) is 0 Å². The summed E-state index contributed by atoms with van der Waals surface area (Å²) in [4.78, 5) is 12.0. The monoisotopic (exact) mass is 300 g/mol. The number of nitrogens with one attached hydrogen (secondary N) is 2. The quantitative estimate of drug-likeness (QED) is 0.901. The lowest BCUT2D eigenvalue weighted by Crippen LogP contribution is -2.46. The van der Waals surface area contributed by atoms with Crippen LogP contribution in [-0.4, -0.2) is 24.5 Å². The molecular weight excluding hydrogens is 283 g/mol. The Morgan fingerprint density at radius 2 is 2.21 bits per heavy atom. The summed E-state index contributed by atoms with van der Waals surface area (Å²) in [5.41, 5.74) is 0.883. The van der Waals surface area contributed by atoms with Crippen molar-refractivity contribution in [2.45, 2.75) is 38.3 Å². The molecule has 2 unspecified atom stereocenters. The molecule has 2 N–H and O–H groups in total. The Kier molecular flexibility index (Phi) is 5.08. The highest BCUT2D eigenvalue weighted by Gasteiger charge is 2.19. The molecule has 0 bridgehead atoms. The van der Waals surface area contributed by atoms with Crippen molar-refractivity contribution in [3.8, 4) is 0 Å². The van der Waals surface area contributed by atoms with E-state index in [1.54, 1.807) is 12.1 Å². The maximum atomic E-state index is 12.0. The van der Waals surface area contributed by atoms with Gasteiger partial charge in [-0.2, -0.15) is 0 Å². The van der Waals surface area contributed by atoms with Crippen molar-refractivity contribution in [2.24, 2.45) is 0 Å². The lowest BCUT2D eigenvalue weighted by Gasteiger charge is -2.28. The third-order valence-corrected chi connectivity index (χ3v) is 4.08. The van der Waals surface area contributed by atoms with Gasteiger partial charge in [-0.15, -0.1) is 0 Å². The molecule has 1 saturated heterocycles. The van der Waals surface area contributed by atoms with Gasteiger partial charge in [0.2, 0.25) is 5.91 Å². The lowest BCUT2D eigenvalue weighted by molar-refractivity contribution is -0.121. The predicted molar refractivity (Wildman–Crippen MR) is 78.8 cm³/mol. The molecule has 2 rings (SSSR count). The third kappa shape index (κ3) is 4.37. The minimum absolute atomic E-state index is 0.0393.